The van der Waals surface area contributed by atoms with Crippen molar-refractivity contribution in [3.63, 3.8) is 0 Å². The molecule has 1 heterocycles. The van der Waals surface area contributed by atoms with Crippen molar-refractivity contribution < 1.29 is 23.9 Å². The zero-order valence-electron chi connectivity index (χ0n) is 24.1. The number of nitrogens with zero attached hydrogens (tertiary/aromatic N) is 3. The molecular formula is C26H48N6O5. The third kappa shape index (κ3) is 14.0. The molecule has 0 fully saturated rings. The van der Waals surface area contributed by atoms with Crippen molar-refractivity contribution in [2.24, 2.45) is 11.1 Å². The molecule has 0 spiro atoms. The Morgan fingerprint density at radius 3 is 2.08 bits per heavy atom. The Kier molecular flexibility index (Phi) is 12.0. The van der Waals surface area contributed by atoms with Gasteiger partial charge in [0.1, 0.15) is 17.2 Å². The normalized spacial score (nSPS) is 14.0. The number of aryl methyl sites for hydroxylation is 1. The number of hydrogen-bond acceptors (Lipinski definition) is 8. The van der Waals surface area contributed by atoms with E-state index in [1.54, 1.807) is 46.2 Å². The Bertz CT molecular complexity index is 879. The van der Waals surface area contributed by atoms with Crippen molar-refractivity contribution in [2.75, 3.05) is 0 Å². The van der Waals surface area contributed by atoms with E-state index >= 15 is 0 Å². The van der Waals surface area contributed by atoms with Gasteiger partial charge in [0.25, 0.3) is 0 Å². The van der Waals surface area contributed by atoms with E-state index in [2.05, 4.69) is 41.7 Å². The predicted octanol–water partition coefficient (Wildman–Crippen LogP) is 3.45. The van der Waals surface area contributed by atoms with Crippen LogP contribution >= 0.6 is 0 Å². The molecule has 2 amide bonds. The third-order valence-electron chi connectivity index (χ3n) is 5.33. The standard InChI is InChI=1S/C26H48N6O5/c1-24(2,3)20(12-10-11-15-32-17-18(16-27)30-31-32)29-23(35)28-19(22(34)37-26(7,8)9)13-14-21(33)36-25(4,5)6/h17,19-20H,10-16,27H2,1-9H3,(H2,28,29,35)/t19-,20-/m0/s1. The van der Waals surface area contributed by atoms with Crippen LogP contribution in [-0.2, 0) is 32.2 Å². The molecule has 0 bridgehead atoms. The Hall–Kier alpha value is -2.69. The Labute approximate surface area is 221 Å². The number of rotatable bonds is 12. The number of ether oxygens (including phenoxy) is 2. The van der Waals surface area contributed by atoms with Gasteiger partial charge in [0.2, 0.25) is 0 Å². The van der Waals surface area contributed by atoms with Gasteiger partial charge in [-0.25, -0.2) is 9.59 Å². The molecule has 0 aliphatic carbocycles. The highest BCUT2D eigenvalue weighted by molar-refractivity contribution is 5.84. The molecule has 11 heteroatoms. The van der Waals surface area contributed by atoms with Crippen molar-refractivity contribution in [3.05, 3.63) is 11.9 Å². The Balaban J connectivity index is 2.75. The van der Waals surface area contributed by atoms with Crippen LogP contribution in [-0.4, -0.2) is 56.2 Å². The number of amides is 2. The van der Waals surface area contributed by atoms with Gasteiger partial charge >= 0.3 is 18.0 Å². The summed E-state index contributed by atoms with van der Waals surface area (Å²) in [5.41, 5.74) is 4.74. The molecule has 0 radical (unpaired) electrons. The number of hydrogen-bond donors (Lipinski definition) is 3. The minimum atomic E-state index is -0.989. The van der Waals surface area contributed by atoms with Crippen molar-refractivity contribution in [3.8, 4) is 0 Å². The monoisotopic (exact) mass is 524 g/mol. The van der Waals surface area contributed by atoms with Crippen molar-refractivity contribution in [1.29, 1.82) is 0 Å². The maximum Gasteiger partial charge on any atom is 0.329 e. The number of nitrogens with one attached hydrogen (secondary N) is 2. The van der Waals surface area contributed by atoms with Crippen LogP contribution in [0.4, 0.5) is 4.79 Å². The average Bonchev–Trinajstić information content (AvgIpc) is 3.18. The number of esters is 2. The highest BCUT2D eigenvalue weighted by Crippen LogP contribution is 2.24. The molecule has 0 unspecified atom stereocenters. The molecule has 1 rings (SSSR count). The molecule has 0 saturated carbocycles. The fraction of sp³-hybridized carbons (Fsp3) is 0.808. The molecule has 1 aromatic heterocycles. The van der Waals surface area contributed by atoms with E-state index in [4.69, 9.17) is 15.2 Å². The van der Waals surface area contributed by atoms with Crippen molar-refractivity contribution >= 4 is 18.0 Å². The molecule has 0 aliphatic heterocycles. The molecular weight excluding hydrogens is 476 g/mol. The lowest BCUT2D eigenvalue weighted by atomic mass is 9.84. The molecule has 0 aromatic carbocycles. The highest BCUT2D eigenvalue weighted by atomic mass is 16.6. The Morgan fingerprint density at radius 2 is 1.57 bits per heavy atom. The second kappa shape index (κ2) is 13.7. The molecule has 2 atom stereocenters. The fourth-order valence-corrected chi connectivity index (χ4v) is 3.52. The van der Waals surface area contributed by atoms with E-state index in [1.165, 1.54) is 0 Å². The van der Waals surface area contributed by atoms with Crippen LogP contribution in [0, 0.1) is 5.41 Å². The summed E-state index contributed by atoms with van der Waals surface area (Å²) in [5.74, 6) is -1.04. The highest BCUT2D eigenvalue weighted by Gasteiger charge is 2.31. The lowest BCUT2D eigenvalue weighted by Crippen LogP contribution is -2.53. The third-order valence-corrected chi connectivity index (χ3v) is 5.33. The summed E-state index contributed by atoms with van der Waals surface area (Å²) in [4.78, 5) is 38.0. The van der Waals surface area contributed by atoms with Crippen molar-refractivity contribution in [1.82, 2.24) is 25.6 Å². The van der Waals surface area contributed by atoms with Gasteiger partial charge in [-0.3, -0.25) is 9.48 Å². The molecule has 0 aliphatic rings. The molecule has 11 nitrogen and oxygen atoms in total. The summed E-state index contributed by atoms with van der Waals surface area (Å²) in [7, 11) is 0. The van der Waals surface area contributed by atoms with E-state index in [1.807, 2.05) is 6.20 Å². The molecule has 4 N–H and O–H groups in total. The topological polar surface area (TPSA) is 150 Å². The van der Waals surface area contributed by atoms with Gasteiger partial charge in [-0.05, 0) is 72.6 Å². The fourth-order valence-electron chi connectivity index (χ4n) is 3.52. The smallest absolute Gasteiger partial charge is 0.329 e. The number of nitrogens with two attached hydrogens (primary N) is 1. The SMILES string of the molecule is CC(C)(C)OC(=O)CC[C@H](NC(=O)N[C@@H](CCCCn1cc(CN)nn1)C(C)(C)C)C(=O)OC(C)(C)C. The second-order valence-electron chi connectivity index (χ2n) is 12.4. The quantitative estimate of drug-likeness (QED) is 0.278. The molecule has 212 valence electrons. The van der Waals surface area contributed by atoms with E-state index in [0.717, 1.165) is 25.0 Å². The first kappa shape index (κ1) is 32.3. The number of urea groups is 1. The Morgan fingerprint density at radius 1 is 0.946 bits per heavy atom. The first-order valence-corrected chi connectivity index (χ1v) is 13.0. The van der Waals surface area contributed by atoms with Gasteiger partial charge in [-0.2, -0.15) is 0 Å². The summed E-state index contributed by atoms with van der Waals surface area (Å²) < 4.78 is 12.6. The van der Waals surface area contributed by atoms with E-state index in [9.17, 15) is 14.4 Å². The van der Waals surface area contributed by atoms with Gasteiger partial charge in [-0.1, -0.05) is 26.0 Å². The van der Waals surface area contributed by atoms with Crippen LogP contribution in [0.5, 0.6) is 0 Å². The maximum atomic E-state index is 13.0. The lowest BCUT2D eigenvalue weighted by molar-refractivity contribution is -0.158. The maximum absolute atomic E-state index is 13.0. The van der Waals surface area contributed by atoms with E-state index in [0.29, 0.717) is 13.1 Å². The minimum Gasteiger partial charge on any atom is -0.460 e. The summed E-state index contributed by atoms with van der Waals surface area (Å²) in [5, 5.41) is 13.8. The van der Waals surface area contributed by atoms with Gasteiger partial charge < -0.3 is 25.8 Å². The molecule has 37 heavy (non-hydrogen) atoms. The number of unbranched alkanes of at least 4 members (excludes halogenated alkanes) is 1. The zero-order chi connectivity index (χ0) is 28.4. The molecule has 1 aromatic rings. The lowest BCUT2D eigenvalue weighted by Gasteiger charge is -2.32. The van der Waals surface area contributed by atoms with E-state index in [-0.39, 0.29) is 24.3 Å². The van der Waals surface area contributed by atoms with Crippen LogP contribution in [0.2, 0.25) is 0 Å². The van der Waals surface area contributed by atoms with Crippen molar-refractivity contribution in [2.45, 2.75) is 131 Å². The summed E-state index contributed by atoms with van der Waals surface area (Å²) >= 11 is 0. The van der Waals surface area contributed by atoms with Gasteiger partial charge in [0.05, 0.1) is 5.69 Å². The second-order valence-corrected chi connectivity index (χ2v) is 12.4. The predicted molar refractivity (Wildman–Crippen MR) is 141 cm³/mol. The number of carbonyl (C=O) groups excluding carboxylic acids is 3. The van der Waals surface area contributed by atoms with Crippen LogP contribution in [0.15, 0.2) is 6.20 Å². The van der Waals surface area contributed by atoms with Crippen LogP contribution < -0.4 is 16.4 Å². The van der Waals surface area contributed by atoms with Gasteiger partial charge in [0.15, 0.2) is 0 Å². The number of carbonyl (C=O) groups is 3. The molecule has 0 saturated heterocycles. The number of aromatic nitrogens is 3. The van der Waals surface area contributed by atoms with E-state index < -0.39 is 35.2 Å². The van der Waals surface area contributed by atoms with Crippen LogP contribution in [0.25, 0.3) is 0 Å². The summed E-state index contributed by atoms with van der Waals surface area (Å²) in [6.07, 6.45) is 4.33. The van der Waals surface area contributed by atoms with Crippen LogP contribution in [0.1, 0.15) is 100 Å². The van der Waals surface area contributed by atoms with Crippen LogP contribution in [0.3, 0.4) is 0 Å². The summed E-state index contributed by atoms with van der Waals surface area (Å²) in [6, 6.07) is -1.62. The summed E-state index contributed by atoms with van der Waals surface area (Å²) in [6.45, 7) is 17.8. The first-order chi connectivity index (χ1) is 16.9. The minimum absolute atomic E-state index is 0.0294. The largest absolute Gasteiger partial charge is 0.460 e. The zero-order valence-corrected chi connectivity index (χ0v) is 24.1. The average molecular weight is 525 g/mol. The van der Waals surface area contributed by atoms with Gasteiger partial charge in [0, 0.05) is 31.7 Å². The van der Waals surface area contributed by atoms with Gasteiger partial charge in [-0.15, -0.1) is 5.10 Å². The first-order valence-electron chi connectivity index (χ1n) is 13.0.